The van der Waals surface area contributed by atoms with E-state index < -0.39 is 0 Å². The molecule has 2 N–H and O–H groups in total. The van der Waals surface area contributed by atoms with E-state index in [1.54, 1.807) is 6.33 Å². The molecule has 4 saturated carbocycles. The van der Waals surface area contributed by atoms with Gasteiger partial charge in [-0.05, 0) is 61.7 Å². The van der Waals surface area contributed by atoms with Gasteiger partial charge in [0.2, 0.25) is 0 Å². The van der Waals surface area contributed by atoms with Crippen LogP contribution in [0.1, 0.15) is 44.2 Å². The number of anilines is 1. The van der Waals surface area contributed by atoms with E-state index in [1.807, 2.05) is 4.57 Å². The van der Waals surface area contributed by atoms with E-state index in [-0.39, 0.29) is 0 Å². The predicted molar refractivity (Wildman–Crippen MR) is 72.0 cm³/mol. The monoisotopic (exact) mass is 256 g/mol. The van der Waals surface area contributed by atoms with Gasteiger partial charge in [-0.2, -0.15) is 5.26 Å². The van der Waals surface area contributed by atoms with E-state index >= 15 is 0 Å². The van der Waals surface area contributed by atoms with Crippen molar-refractivity contribution in [2.45, 2.75) is 45.1 Å². The van der Waals surface area contributed by atoms with Crippen molar-refractivity contribution in [1.82, 2.24) is 9.55 Å². The molecular weight excluding hydrogens is 236 g/mol. The molecule has 4 aliphatic rings. The van der Waals surface area contributed by atoms with Crippen LogP contribution in [0.3, 0.4) is 0 Å². The standard InChI is InChI=1S/C15H20N4/c16-7-13-14(17)18-9-19(13)8-15-4-10-1-11(5-15)3-12(2-10)6-15/h9-12H,1-6,8,17H2. The Morgan fingerprint density at radius 1 is 1.26 bits per heavy atom. The maximum Gasteiger partial charge on any atom is 0.164 e. The van der Waals surface area contributed by atoms with Crippen LogP contribution in [0.5, 0.6) is 0 Å². The Morgan fingerprint density at radius 2 is 1.84 bits per heavy atom. The predicted octanol–water partition coefficient (Wildman–Crippen LogP) is 2.55. The van der Waals surface area contributed by atoms with E-state index in [0.29, 0.717) is 16.9 Å². The van der Waals surface area contributed by atoms with E-state index in [0.717, 1.165) is 24.3 Å². The molecule has 0 aliphatic heterocycles. The van der Waals surface area contributed by atoms with Crippen molar-refractivity contribution < 1.29 is 0 Å². The van der Waals surface area contributed by atoms with Gasteiger partial charge in [-0.15, -0.1) is 0 Å². The number of aromatic nitrogens is 2. The summed E-state index contributed by atoms with van der Waals surface area (Å²) in [6.45, 7) is 0.948. The van der Waals surface area contributed by atoms with Gasteiger partial charge in [-0.3, -0.25) is 0 Å². The lowest BCUT2D eigenvalue weighted by Crippen LogP contribution is -2.47. The summed E-state index contributed by atoms with van der Waals surface area (Å²) >= 11 is 0. The average molecular weight is 256 g/mol. The number of nitrogens with zero attached hydrogens (tertiary/aromatic N) is 3. The van der Waals surface area contributed by atoms with Crippen LogP contribution < -0.4 is 5.73 Å². The third-order valence-electron chi connectivity index (χ3n) is 5.64. The van der Waals surface area contributed by atoms with Crippen LogP contribution in [0.15, 0.2) is 6.33 Å². The van der Waals surface area contributed by atoms with Crippen molar-refractivity contribution in [1.29, 1.82) is 5.26 Å². The molecule has 1 aromatic heterocycles. The lowest BCUT2D eigenvalue weighted by atomic mass is 9.49. The zero-order valence-corrected chi connectivity index (χ0v) is 11.2. The molecule has 1 heterocycles. The summed E-state index contributed by atoms with van der Waals surface area (Å²) in [6, 6.07) is 2.20. The molecule has 4 fully saturated rings. The second-order valence-corrected chi connectivity index (χ2v) is 7.14. The molecule has 19 heavy (non-hydrogen) atoms. The van der Waals surface area contributed by atoms with Crippen LogP contribution in [0, 0.1) is 34.5 Å². The summed E-state index contributed by atoms with van der Waals surface area (Å²) in [5.74, 6) is 3.21. The largest absolute Gasteiger partial charge is 0.381 e. The van der Waals surface area contributed by atoms with Crippen molar-refractivity contribution >= 4 is 5.82 Å². The zero-order chi connectivity index (χ0) is 13.0. The second-order valence-electron chi connectivity index (χ2n) is 7.14. The van der Waals surface area contributed by atoms with Gasteiger partial charge in [0.25, 0.3) is 0 Å². The minimum atomic E-state index is 0.382. The topological polar surface area (TPSA) is 67.6 Å². The lowest BCUT2D eigenvalue weighted by Gasteiger charge is -2.57. The molecule has 0 spiro atoms. The number of imidazole rings is 1. The van der Waals surface area contributed by atoms with Crippen LogP contribution in [0.4, 0.5) is 5.82 Å². The van der Waals surface area contributed by atoms with Crippen molar-refractivity contribution in [2.75, 3.05) is 5.73 Å². The van der Waals surface area contributed by atoms with E-state index in [9.17, 15) is 5.26 Å². The Bertz CT molecular complexity index is 516. The fraction of sp³-hybridized carbons (Fsp3) is 0.733. The first kappa shape index (κ1) is 11.3. The first-order chi connectivity index (χ1) is 9.17. The first-order valence-corrected chi connectivity index (χ1v) is 7.38. The smallest absolute Gasteiger partial charge is 0.164 e. The Balaban J connectivity index is 1.64. The van der Waals surface area contributed by atoms with E-state index in [4.69, 9.17) is 5.73 Å². The van der Waals surface area contributed by atoms with Crippen LogP contribution >= 0.6 is 0 Å². The summed E-state index contributed by atoms with van der Waals surface area (Å²) in [7, 11) is 0. The summed E-state index contributed by atoms with van der Waals surface area (Å²) in [6.07, 6.45) is 10.2. The Hall–Kier alpha value is -1.50. The zero-order valence-electron chi connectivity index (χ0n) is 11.2. The number of nitrogens with two attached hydrogens (primary N) is 1. The van der Waals surface area contributed by atoms with Crippen LogP contribution in [-0.2, 0) is 6.54 Å². The van der Waals surface area contributed by atoms with Crippen molar-refractivity contribution in [2.24, 2.45) is 23.2 Å². The van der Waals surface area contributed by atoms with E-state index in [2.05, 4.69) is 11.1 Å². The molecule has 5 rings (SSSR count). The van der Waals surface area contributed by atoms with Crippen molar-refractivity contribution in [3.63, 3.8) is 0 Å². The van der Waals surface area contributed by atoms with Crippen molar-refractivity contribution in [3.05, 3.63) is 12.0 Å². The molecule has 4 bridgehead atoms. The molecule has 0 radical (unpaired) electrons. The quantitative estimate of drug-likeness (QED) is 0.884. The summed E-state index contributed by atoms with van der Waals surface area (Å²) in [4.78, 5) is 4.10. The summed E-state index contributed by atoms with van der Waals surface area (Å²) < 4.78 is 2.00. The Morgan fingerprint density at radius 3 is 2.37 bits per heavy atom. The molecule has 0 aromatic carbocycles. The minimum absolute atomic E-state index is 0.382. The minimum Gasteiger partial charge on any atom is -0.381 e. The fourth-order valence-corrected chi connectivity index (χ4v) is 5.48. The average Bonchev–Trinajstić information content (AvgIpc) is 2.67. The fourth-order valence-electron chi connectivity index (χ4n) is 5.48. The highest BCUT2D eigenvalue weighted by molar-refractivity contribution is 5.43. The van der Waals surface area contributed by atoms with Gasteiger partial charge in [0.05, 0.1) is 6.33 Å². The highest BCUT2D eigenvalue weighted by Crippen LogP contribution is 2.60. The highest BCUT2D eigenvalue weighted by atomic mass is 15.1. The summed E-state index contributed by atoms with van der Waals surface area (Å²) in [5.41, 5.74) is 6.74. The SMILES string of the molecule is N#Cc1c(N)ncn1CC12CC3CC(CC(C3)C1)C2. The molecule has 100 valence electrons. The summed E-state index contributed by atoms with van der Waals surface area (Å²) in [5, 5.41) is 9.21. The molecule has 0 atom stereocenters. The highest BCUT2D eigenvalue weighted by Gasteiger charge is 2.51. The maximum atomic E-state index is 9.21. The van der Waals surface area contributed by atoms with Crippen molar-refractivity contribution in [3.8, 4) is 6.07 Å². The molecular formula is C15H20N4. The third-order valence-corrected chi connectivity index (χ3v) is 5.64. The molecule has 4 heteroatoms. The van der Waals surface area contributed by atoms with Gasteiger partial charge in [0.1, 0.15) is 6.07 Å². The molecule has 4 nitrogen and oxygen atoms in total. The van der Waals surface area contributed by atoms with Gasteiger partial charge in [-0.1, -0.05) is 0 Å². The number of hydrogen-bond acceptors (Lipinski definition) is 3. The van der Waals surface area contributed by atoms with Crippen LogP contribution in [0.25, 0.3) is 0 Å². The second kappa shape index (κ2) is 3.75. The maximum absolute atomic E-state index is 9.21. The van der Waals surface area contributed by atoms with Gasteiger partial charge < -0.3 is 10.3 Å². The molecule has 0 unspecified atom stereocenters. The number of nitrogen functional groups attached to an aromatic ring is 1. The molecule has 4 aliphatic carbocycles. The Kier molecular flexibility index (Phi) is 2.24. The number of nitriles is 1. The lowest BCUT2D eigenvalue weighted by molar-refractivity contribution is -0.0620. The van der Waals surface area contributed by atoms with Gasteiger partial charge in [-0.25, -0.2) is 4.98 Å². The van der Waals surface area contributed by atoms with Crippen LogP contribution in [-0.4, -0.2) is 9.55 Å². The van der Waals surface area contributed by atoms with Crippen LogP contribution in [0.2, 0.25) is 0 Å². The van der Waals surface area contributed by atoms with Gasteiger partial charge in [0.15, 0.2) is 11.5 Å². The normalized spacial score (nSPS) is 39.4. The van der Waals surface area contributed by atoms with E-state index in [1.165, 1.54) is 38.5 Å². The number of hydrogen-bond donors (Lipinski definition) is 1. The molecule has 1 aromatic rings. The van der Waals surface area contributed by atoms with Gasteiger partial charge >= 0.3 is 0 Å². The third kappa shape index (κ3) is 1.68. The Labute approximate surface area is 113 Å². The number of rotatable bonds is 2. The molecule has 0 amide bonds. The molecule has 0 saturated heterocycles. The first-order valence-electron chi connectivity index (χ1n) is 7.38. The van der Waals surface area contributed by atoms with Gasteiger partial charge in [0, 0.05) is 6.54 Å².